The SMILES string of the molecule is CC1(C)CCC(CN2CCN(c3ccc(C(=O)NS(=O)(=O)c4ccc(NCC5CCN(C(=O)CCCN=[N+]=[N-])CC5)c([N+](=O)[O-])c4)c(Oc4cnc5[nH]ccc5c4)c3)CC2)=C(c2ccc(Cl)cc2)C1. The van der Waals surface area contributed by atoms with Crippen molar-refractivity contribution in [1.82, 2.24) is 24.5 Å². The van der Waals surface area contributed by atoms with E-state index in [0.717, 1.165) is 61.1 Å². The zero-order valence-electron chi connectivity index (χ0n) is 38.7. The smallest absolute Gasteiger partial charge is 0.293 e. The first-order valence-electron chi connectivity index (χ1n) is 23.2. The maximum absolute atomic E-state index is 14.0. The number of aromatic nitrogens is 2. The first kappa shape index (κ1) is 48.8. The monoisotopic (exact) mass is 977 g/mol. The second-order valence-corrected chi connectivity index (χ2v) is 20.8. The van der Waals surface area contributed by atoms with E-state index in [0.29, 0.717) is 69.8 Å². The first-order valence-corrected chi connectivity index (χ1v) is 25.1. The molecule has 5 aromatic rings. The number of fused-ring (bicyclic) bond motifs is 1. The van der Waals surface area contributed by atoms with Gasteiger partial charge >= 0.3 is 0 Å². The van der Waals surface area contributed by atoms with Crippen LogP contribution in [0.25, 0.3) is 27.0 Å². The Morgan fingerprint density at radius 2 is 1.80 bits per heavy atom. The van der Waals surface area contributed by atoms with Crippen LogP contribution < -0.4 is 19.7 Å². The summed E-state index contributed by atoms with van der Waals surface area (Å²) in [6, 6.07) is 20.2. The lowest BCUT2D eigenvalue weighted by Gasteiger charge is -2.39. The van der Waals surface area contributed by atoms with Crippen molar-refractivity contribution in [3.05, 3.63) is 127 Å². The van der Waals surface area contributed by atoms with Crippen molar-refractivity contribution in [2.75, 3.05) is 69.1 Å². The number of hydrogen-bond acceptors (Lipinski definition) is 12. The molecule has 0 radical (unpaired) electrons. The third kappa shape index (κ3) is 12.1. The molecule has 2 aromatic heterocycles. The van der Waals surface area contributed by atoms with Crippen LogP contribution in [-0.4, -0.2) is 104 Å². The van der Waals surface area contributed by atoms with Crippen LogP contribution in [0.3, 0.4) is 0 Å². The number of allylic oxidation sites excluding steroid dienone is 1. The summed E-state index contributed by atoms with van der Waals surface area (Å²) in [4.78, 5) is 54.3. The Balaban J connectivity index is 0.948. The zero-order chi connectivity index (χ0) is 48.7. The number of benzene rings is 3. The number of piperidine rings is 1. The van der Waals surface area contributed by atoms with Gasteiger partial charge in [0.2, 0.25) is 5.91 Å². The van der Waals surface area contributed by atoms with Crippen LogP contribution in [-0.2, 0) is 14.8 Å². The summed E-state index contributed by atoms with van der Waals surface area (Å²) in [5, 5.41) is 20.3. The van der Waals surface area contributed by atoms with E-state index in [2.05, 4.69) is 65.8 Å². The number of nitrogens with zero attached hydrogens (tertiary/aromatic N) is 8. The standard InChI is InChI=1S/C49H56ClN11O7S/c1-49(2)17-13-36(42(29-49)34-5-7-37(50)8-6-34)32-58-22-24-59(25-23-58)38-9-11-41(45(27-38)68-39-26-35-14-19-52-47(35)54-31-39)48(63)56-69(66,67)40-10-12-43(44(28-40)61(64)65)53-30-33-15-20-60(21-16-33)46(62)4-3-18-55-57-51/h5-12,14,19,26-28,31,33,53H,3-4,13,15-18,20-25,29-30,32H2,1-2H3,(H,52,54)(H,56,63). The number of nitro groups is 1. The number of nitrogens with one attached hydrogen (secondary N) is 3. The number of likely N-dealkylation sites (tertiary alicyclic amines) is 1. The number of azide groups is 1. The Labute approximate surface area is 405 Å². The first-order chi connectivity index (χ1) is 33.1. The van der Waals surface area contributed by atoms with E-state index < -0.39 is 31.4 Å². The number of H-pyrrole nitrogens is 1. The second-order valence-electron chi connectivity index (χ2n) is 18.7. The van der Waals surface area contributed by atoms with Gasteiger partial charge in [0, 0.05) is 105 Å². The molecule has 3 aromatic carbocycles. The number of sulfonamides is 1. The maximum Gasteiger partial charge on any atom is 0.293 e. The third-order valence-electron chi connectivity index (χ3n) is 13.3. The fourth-order valence-corrected chi connectivity index (χ4v) is 10.5. The number of rotatable bonds is 17. The van der Waals surface area contributed by atoms with E-state index in [1.165, 1.54) is 41.1 Å². The number of anilines is 2. The molecule has 2 amide bonds. The van der Waals surface area contributed by atoms with Crippen LogP contribution in [0, 0.1) is 21.4 Å². The number of hydrogen-bond donors (Lipinski definition) is 3. The van der Waals surface area contributed by atoms with Crippen LogP contribution in [0.15, 0.2) is 101 Å². The molecule has 0 bridgehead atoms. The molecule has 1 aliphatic carbocycles. The summed E-state index contributed by atoms with van der Waals surface area (Å²) in [6.07, 6.45) is 8.53. The van der Waals surface area contributed by atoms with Gasteiger partial charge in [-0.15, -0.1) is 0 Å². The summed E-state index contributed by atoms with van der Waals surface area (Å²) < 4.78 is 36.1. The lowest BCUT2D eigenvalue weighted by Crippen LogP contribution is -2.47. The van der Waals surface area contributed by atoms with Crippen LogP contribution in [0.5, 0.6) is 11.5 Å². The average molecular weight is 979 g/mol. The Kier molecular flexibility index (Phi) is 15.1. The molecule has 69 heavy (non-hydrogen) atoms. The number of carbonyl (C=O) groups is 2. The van der Waals surface area contributed by atoms with Gasteiger partial charge in [-0.3, -0.25) is 24.6 Å². The summed E-state index contributed by atoms with van der Waals surface area (Å²) >= 11 is 6.25. The average Bonchev–Trinajstić information content (AvgIpc) is 3.81. The largest absolute Gasteiger partial charge is 0.455 e. The summed E-state index contributed by atoms with van der Waals surface area (Å²) in [5.41, 5.74) is 13.8. The van der Waals surface area contributed by atoms with E-state index in [1.807, 2.05) is 18.2 Å². The van der Waals surface area contributed by atoms with E-state index in [-0.39, 0.29) is 40.8 Å². The van der Waals surface area contributed by atoms with Gasteiger partial charge in [-0.2, -0.15) is 0 Å². The van der Waals surface area contributed by atoms with Crippen LogP contribution in [0.2, 0.25) is 5.02 Å². The number of amides is 2. The van der Waals surface area contributed by atoms with Gasteiger partial charge in [0.1, 0.15) is 22.8 Å². The van der Waals surface area contributed by atoms with Crippen molar-refractivity contribution in [3.63, 3.8) is 0 Å². The Morgan fingerprint density at radius 3 is 2.54 bits per heavy atom. The molecule has 3 aliphatic rings. The van der Waals surface area contributed by atoms with Crippen LogP contribution in [0.1, 0.15) is 74.7 Å². The van der Waals surface area contributed by atoms with Gasteiger partial charge in [0.05, 0.1) is 21.6 Å². The van der Waals surface area contributed by atoms with Crippen LogP contribution >= 0.6 is 11.6 Å². The fourth-order valence-electron chi connectivity index (χ4n) is 9.34. The van der Waals surface area contributed by atoms with Gasteiger partial charge in [-0.05, 0) is 115 Å². The van der Waals surface area contributed by atoms with E-state index in [9.17, 15) is 28.1 Å². The molecule has 0 atom stereocenters. The van der Waals surface area contributed by atoms with Crippen molar-refractivity contribution >= 4 is 67.1 Å². The van der Waals surface area contributed by atoms with E-state index in [1.54, 1.807) is 29.3 Å². The zero-order valence-corrected chi connectivity index (χ0v) is 40.3. The summed E-state index contributed by atoms with van der Waals surface area (Å²) in [6.45, 7) is 10.2. The maximum atomic E-state index is 14.0. The lowest BCUT2D eigenvalue weighted by molar-refractivity contribution is -0.384. The van der Waals surface area contributed by atoms with Gasteiger partial charge < -0.3 is 24.8 Å². The number of aromatic amines is 1. The van der Waals surface area contributed by atoms with Gasteiger partial charge in [-0.25, -0.2) is 18.1 Å². The Hall–Kier alpha value is -6.66. The molecule has 20 heteroatoms. The quantitative estimate of drug-likeness (QED) is 0.0198. The molecular formula is C49H56ClN11O7S. The molecule has 2 saturated heterocycles. The number of halogens is 1. The summed E-state index contributed by atoms with van der Waals surface area (Å²) in [7, 11) is -4.62. The molecule has 362 valence electrons. The lowest BCUT2D eigenvalue weighted by atomic mass is 9.72. The molecule has 8 rings (SSSR count). The van der Waals surface area contributed by atoms with Gasteiger partial charge in [-0.1, -0.05) is 48.3 Å². The van der Waals surface area contributed by atoms with Crippen molar-refractivity contribution in [3.8, 4) is 11.5 Å². The topological polar surface area (TPSA) is 232 Å². The molecule has 2 fully saturated rings. The number of nitro benzene ring substituents is 1. The molecule has 0 saturated carbocycles. The fraction of sp³-hybridized carbons (Fsp3) is 0.408. The van der Waals surface area contributed by atoms with Crippen molar-refractivity contribution in [1.29, 1.82) is 0 Å². The van der Waals surface area contributed by atoms with Crippen molar-refractivity contribution in [2.24, 2.45) is 16.4 Å². The highest BCUT2D eigenvalue weighted by molar-refractivity contribution is 7.90. The third-order valence-corrected chi connectivity index (χ3v) is 14.9. The molecular weight excluding hydrogens is 922 g/mol. The van der Waals surface area contributed by atoms with Gasteiger partial charge in [0.25, 0.3) is 21.6 Å². The molecule has 3 N–H and O–H groups in total. The second kappa shape index (κ2) is 21.3. The highest BCUT2D eigenvalue weighted by atomic mass is 35.5. The minimum atomic E-state index is -4.62. The van der Waals surface area contributed by atoms with E-state index in [4.69, 9.17) is 21.9 Å². The predicted molar refractivity (Wildman–Crippen MR) is 266 cm³/mol. The Morgan fingerprint density at radius 1 is 1.03 bits per heavy atom. The van der Waals surface area contributed by atoms with Crippen molar-refractivity contribution < 1.29 is 27.7 Å². The number of carbonyl (C=O) groups excluding carboxylic acids is 2. The van der Waals surface area contributed by atoms with E-state index >= 15 is 0 Å². The molecule has 0 unspecified atom stereocenters. The van der Waals surface area contributed by atoms with Crippen molar-refractivity contribution in [2.45, 2.75) is 63.7 Å². The number of ether oxygens (including phenoxy) is 1. The number of piperazine rings is 1. The molecule has 4 heterocycles. The highest BCUT2D eigenvalue weighted by Gasteiger charge is 2.31. The minimum Gasteiger partial charge on any atom is -0.455 e. The van der Waals surface area contributed by atoms with Crippen LogP contribution in [0.4, 0.5) is 17.1 Å². The molecule has 2 aliphatic heterocycles. The molecule has 18 nitrogen and oxygen atoms in total. The van der Waals surface area contributed by atoms with Gasteiger partial charge in [0.15, 0.2) is 0 Å². The normalized spacial score (nSPS) is 16.8. The molecule has 0 spiro atoms. The Bertz CT molecular complexity index is 2900. The predicted octanol–water partition coefficient (Wildman–Crippen LogP) is 9.56. The highest BCUT2D eigenvalue weighted by Crippen LogP contribution is 2.43. The number of pyridine rings is 1. The minimum absolute atomic E-state index is 0.0102. The summed E-state index contributed by atoms with van der Waals surface area (Å²) in [5.74, 6) is -0.447.